The van der Waals surface area contributed by atoms with Crippen molar-refractivity contribution >= 4 is 39.9 Å². The molecule has 0 unspecified atom stereocenters. The molecule has 1 heterocycles. The summed E-state index contributed by atoms with van der Waals surface area (Å²) in [7, 11) is 1.61. The predicted octanol–water partition coefficient (Wildman–Crippen LogP) is 3.37. The SMILES string of the molecule is CNC(=O)c1c(NC(=O)[C@@H](C)SC)sc2c1-c1ccccc1C2. The van der Waals surface area contributed by atoms with Gasteiger partial charge < -0.3 is 10.6 Å². The summed E-state index contributed by atoms with van der Waals surface area (Å²) in [5, 5.41) is 6.12. The molecule has 2 N–H and O–H groups in total. The lowest BCUT2D eigenvalue weighted by Crippen LogP contribution is -2.24. The van der Waals surface area contributed by atoms with Crippen molar-refractivity contribution in [2.24, 2.45) is 0 Å². The summed E-state index contributed by atoms with van der Waals surface area (Å²) >= 11 is 2.99. The van der Waals surface area contributed by atoms with Gasteiger partial charge in [0.1, 0.15) is 5.00 Å². The number of rotatable bonds is 4. The van der Waals surface area contributed by atoms with Crippen LogP contribution in [-0.4, -0.2) is 30.4 Å². The second-order valence-electron chi connectivity index (χ2n) is 5.38. The van der Waals surface area contributed by atoms with Crippen molar-refractivity contribution in [3.05, 3.63) is 40.3 Å². The van der Waals surface area contributed by atoms with Crippen molar-refractivity contribution in [2.45, 2.75) is 18.6 Å². The maximum Gasteiger partial charge on any atom is 0.254 e. The van der Waals surface area contributed by atoms with Crippen LogP contribution in [0.25, 0.3) is 11.1 Å². The number of hydrogen-bond donors (Lipinski definition) is 2. The molecule has 120 valence electrons. The van der Waals surface area contributed by atoms with E-state index >= 15 is 0 Å². The van der Waals surface area contributed by atoms with E-state index in [1.54, 1.807) is 7.05 Å². The Hall–Kier alpha value is -1.79. The first-order chi connectivity index (χ1) is 11.1. The highest BCUT2D eigenvalue weighted by atomic mass is 32.2. The van der Waals surface area contributed by atoms with Gasteiger partial charge in [0.05, 0.1) is 10.8 Å². The van der Waals surface area contributed by atoms with Crippen LogP contribution in [0.3, 0.4) is 0 Å². The van der Waals surface area contributed by atoms with E-state index in [4.69, 9.17) is 0 Å². The normalized spacial score (nSPS) is 13.2. The number of carbonyl (C=O) groups is 2. The molecule has 0 aliphatic heterocycles. The number of hydrogen-bond acceptors (Lipinski definition) is 4. The van der Waals surface area contributed by atoms with Crippen molar-refractivity contribution in [1.29, 1.82) is 0 Å². The molecule has 0 fully saturated rings. The Balaban J connectivity index is 2.07. The number of nitrogens with one attached hydrogen (secondary N) is 2. The van der Waals surface area contributed by atoms with Gasteiger partial charge in [-0.05, 0) is 24.3 Å². The highest BCUT2D eigenvalue weighted by molar-refractivity contribution is 7.99. The zero-order valence-corrected chi connectivity index (χ0v) is 14.9. The third-order valence-corrected chi connectivity index (χ3v) is 6.06. The fourth-order valence-electron chi connectivity index (χ4n) is 2.73. The zero-order valence-electron chi connectivity index (χ0n) is 13.2. The van der Waals surface area contributed by atoms with Gasteiger partial charge in [0.25, 0.3) is 5.91 Å². The second kappa shape index (κ2) is 6.37. The van der Waals surface area contributed by atoms with Gasteiger partial charge in [-0.2, -0.15) is 11.8 Å². The van der Waals surface area contributed by atoms with Crippen molar-refractivity contribution in [1.82, 2.24) is 5.32 Å². The van der Waals surface area contributed by atoms with Crippen LogP contribution < -0.4 is 10.6 Å². The molecule has 23 heavy (non-hydrogen) atoms. The first kappa shape index (κ1) is 16.1. The molecule has 1 aliphatic rings. The Bertz CT molecular complexity index is 783. The number of fused-ring (bicyclic) bond motifs is 3. The molecule has 0 spiro atoms. The summed E-state index contributed by atoms with van der Waals surface area (Å²) in [6, 6.07) is 8.12. The van der Waals surface area contributed by atoms with E-state index in [1.807, 2.05) is 31.4 Å². The van der Waals surface area contributed by atoms with Crippen LogP contribution in [0.4, 0.5) is 5.00 Å². The number of carbonyl (C=O) groups excluding carboxylic acids is 2. The van der Waals surface area contributed by atoms with Crippen molar-refractivity contribution in [3.63, 3.8) is 0 Å². The number of anilines is 1. The molecule has 4 nitrogen and oxygen atoms in total. The van der Waals surface area contributed by atoms with E-state index in [1.165, 1.54) is 28.7 Å². The van der Waals surface area contributed by atoms with Crippen molar-refractivity contribution < 1.29 is 9.59 Å². The first-order valence-corrected chi connectivity index (χ1v) is 9.47. The minimum absolute atomic E-state index is 0.0733. The average molecular weight is 346 g/mol. The molecular formula is C17H18N2O2S2. The van der Waals surface area contributed by atoms with Crippen molar-refractivity contribution in [2.75, 3.05) is 18.6 Å². The van der Waals surface area contributed by atoms with Crippen LogP contribution >= 0.6 is 23.1 Å². The molecule has 0 saturated heterocycles. The number of benzene rings is 1. The van der Waals surface area contributed by atoms with Gasteiger partial charge in [-0.3, -0.25) is 9.59 Å². The summed E-state index contributed by atoms with van der Waals surface area (Å²) in [4.78, 5) is 25.8. The van der Waals surface area contributed by atoms with Gasteiger partial charge in [0.2, 0.25) is 5.91 Å². The summed E-state index contributed by atoms with van der Waals surface area (Å²) in [5.74, 6) is -0.234. The molecule has 1 aromatic heterocycles. The van der Waals surface area contributed by atoms with Crippen LogP contribution in [-0.2, 0) is 11.2 Å². The topological polar surface area (TPSA) is 58.2 Å². The van der Waals surface area contributed by atoms with Gasteiger partial charge in [-0.15, -0.1) is 11.3 Å². The van der Waals surface area contributed by atoms with E-state index < -0.39 is 0 Å². The Labute approximate surface area is 143 Å². The summed E-state index contributed by atoms with van der Waals surface area (Å²) < 4.78 is 0. The van der Waals surface area contributed by atoms with Crippen LogP contribution in [0.15, 0.2) is 24.3 Å². The maximum atomic E-state index is 12.4. The van der Waals surface area contributed by atoms with E-state index in [2.05, 4.69) is 16.7 Å². The molecule has 1 aromatic carbocycles. The number of thiophene rings is 1. The summed E-state index contributed by atoms with van der Waals surface area (Å²) in [6.45, 7) is 1.86. The van der Waals surface area contributed by atoms with Gasteiger partial charge in [0, 0.05) is 23.9 Å². The molecule has 3 rings (SSSR count). The Morgan fingerprint density at radius 2 is 2.04 bits per heavy atom. The highest BCUT2D eigenvalue weighted by Gasteiger charge is 2.30. The lowest BCUT2D eigenvalue weighted by atomic mass is 10.0. The number of thioether (sulfide) groups is 1. The lowest BCUT2D eigenvalue weighted by Gasteiger charge is -2.11. The van der Waals surface area contributed by atoms with E-state index in [-0.39, 0.29) is 17.1 Å². The highest BCUT2D eigenvalue weighted by Crippen LogP contribution is 2.47. The first-order valence-electron chi connectivity index (χ1n) is 7.36. The lowest BCUT2D eigenvalue weighted by molar-refractivity contribution is -0.115. The Morgan fingerprint density at radius 3 is 2.74 bits per heavy atom. The summed E-state index contributed by atoms with van der Waals surface area (Å²) in [6.07, 6.45) is 2.71. The third kappa shape index (κ3) is 2.77. The minimum Gasteiger partial charge on any atom is -0.355 e. The van der Waals surface area contributed by atoms with Crippen molar-refractivity contribution in [3.8, 4) is 11.1 Å². The molecule has 6 heteroatoms. The minimum atomic E-state index is -0.161. The van der Waals surface area contributed by atoms with Crippen LogP contribution in [0.5, 0.6) is 0 Å². The second-order valence-corrected chi connectivity index (χ2v) is 7.67. The molecule has 0 saturated carbocycles. The van der Waals surface area contributed by atoms with Gasteiger partial charge in [-0.1, -0.05) is 24.3 Å². The fourth-order valence-corrected chi connectivity index (χ4v) is 4.24. The predicted molar refractivity (Wildman–Crippen MR) is 97.6 cm³/mol. The molecule has 1 atom stereocenters. The van der Waals surface area contributed by atoms with Gasteiger partial charge in [0.15, 0.2) is 0 Å². The molecule has 2 amide bonds. The molecule has 0 radical (unpaired) electrons. The molecular weight excluding hydrogens is 328 g/mol. The zero-order chi connectivity index (χ0) is 16.6. The fraction of sp³-hybridized carbons (Fsp3) is 0.294. The molecule has 1 aliphatic carbocycles. The summed E-state index contributed by atoms with van der Waals surface area (Å²) in [5.41, 5.74) is 3.88. The van der Waals surface area contributed by atoms with E-state index in [0.29, 0.717) is 10.6 Å². The quantitative estimate of drug-likeness (QED) is 0.761. The maximum absolute atomic E-state index is 12.4. The largest absolute Gasteiger partial charge is 0.355 e. The van der Waals surface area contributed by atoms with Crippen LogP contribution in [0.2, 0.25) is 0 Å². The van der Waals surface area contributed by atoms with Gasteiger partial charge >= 0.3 is 0 Å². The third-order valence-electron chi connectivity index (χ3n) is 4.03. The number of amides is 2. The van der Waals surface area contributed by atoms with E-state index in [9.17, 15) is 9.59 Å². The molecule has 2 aromatic rings. The standard InChI is InChI=1S/C17H18N2O2S2/c1-9(22-3)15(20)19-17-14(16(21)18-2)13-11-7-5-4-6-10(11)8-12(13)23-17/h4-7,9H,8H2,1-3H3,(H,18,21)(H,19,20)/t9-/m1/s1. The smallest absolute Gasteiger partial charge is 0.254 e. The molecule has 0 bridgehead atoms. The van der Waals surface area contributed by atoms with Crippen LogP contribution in [0, 0.1) is 0 Å². The Morgan fingerprint density at radius 1 is 1.30 bits per heavy atom. The Kier molecular flexibility index (Phi) is 4.46. The van der Waals surface area contributed by atoms with E-state index in [0.717, 1.165) is 22.4 Å². The average Bonchev–Trinajstić information content (AvgIpc) is 3.08. The monoisotopic (exact) mass is 346 g/mol. The van der Waals surface area contributed by atoms with Gasteiger partial charge in [-0.25, -0.2) is 0 Å². The van der Waals surface area contributed by atoms with Crippen LogP contribution in [0.1, 0.15) is 27.7 Å².